The van der Waals surface area contributed by atoms with Crippen LogP contribution in [0, 0.1) is 5.41 Å². The number of benzene rings is 1. The number of carbonyl (C=O) groups is 1. The van der Waals surface area contributed by atoms with Crippen LogP contribution in [-0.4, -0.2) is 24.0 Å². The Kier molecular flexibility index (Phi) is 4.91. The molecule has 112 valence electrons. The molecule has 21 heavy (non-hydrogen) atoms. The molecule has 0 spiro atoms. The van der Waals surface area contributed by atoms with Crippen molar-refractivity contribution in [2.24, 2.45) is 11.1 Å². The van der Waals surface area contributed by atoms with Crippen LogP contribution < -0.4 is 11.1 Å². The van der Waals surface area contributed by atoms with Crippen molar-refractivity contribution in [1.29, 1.82) is 0 Å². The lowest BCUT2D eigenvalue weighted by atomic mass is 9.82. The maximum atomic E-state index is 12.5. The number of carbonyl (C=O) groups excluding carboxylic acids is 1. The van der Waals surface area contributed by atoms with Crippen molar-refractivity contribution in [1.82, 2.24) is 10.3 Å². The highest BCUT2D eigenvalue weighted by atomic mass is 16.1. The third kappa shape index (κ3) is 3.22. The third-order valence-electron chi connectivity index (χ3n) is 4.45. The summed E-state index contributed by atoms with van der Waals surface area (Å²) in [5.74, 6) is -0.0617. The van der Waals surface area contributed by atoms with Gasteiger partial charge in [-0.1, -0.05) is 32.0 Å². The largest absolute Gasteiger partial charge is 0.351 e. The Morgan fingerprint density at radius 3 is 2.62 bits per heavy atom. The number of amides is 1. The fourth-order valence-electron chi connectivity index (χ4n) is 2.52. The summed E-state index contributed by atoms with van der Waals surface area (Å²) in [4.78, 5) is 16.8. The molecule has 2 rings (SSSR count). The first-order chi connectivity index (χ1) is 10.2. The summed E-state index contributed by atoms with van der Waals surface area (Å²) in [5, 5.41) is 3.92. The van der Waals surface area contributed by atoms with Crippen molar-refractivity contribution in [3.63, 3.8) is 0 Å². The van der Waals surface area contributed by atoms with Crippen molar-refractivity contribution in [2.45, 2.75) is 26.7 Å². The van der Waals surface area contributed by atoms with Crippen LogP contribution in [0.5, 0.6) is 0 Å². The molecule has 1 heterocycles. The van der Waals surface area contributed by atoms with Gasteiger partial charge in [0.1, 0.15) is 0 Å². The van der Waals surface area contributed by atoms with Crippen molar-refractivity contribution < 1.29 is 4.79 Å². The summed E-state index contributed by atoms with van der Waals surface area (Å²) in [6, 6.07) is 9.44. The fourth-order valence-corrected chi connectivity index (χ4v) is 2.52. The first-order valence-corrected chi connectivity index (χ1v) is 7.48. The lowest BCUT2D eigenvalue weighted by Crippen LogP contribution is -2.41. The zero-order chi connectivity index (χ0) is 15.3. The van der Waals surface area contributed by atoms with Crippen LogP contribution in [-0.2, 0) is 0 Å². The standard InChI is InChI=1S/C17H23N3O/c1-3-17(4-2,11-18)12-20-16(21)14-9-10-19-15-8-6-5-7-13(14)15/h5-10H,3-4,11-12,18H2,1-2H3,(H,20,21). The van der Waals surface area contributed by atoms with Crippen LogP contribution in [0.15, 0.2) is 36.5 Å². The number of fused-ring (bicyclic) bond motifs is 1. The Labute approximate surface area is 125 Å². The van der Waals surface area contributed by atoms with E-state index in [1.807, 2.05) is 24.3 Å². The molecule has 0 radical (unpaired) electrons. The molecule has 0 aliphatic carbocycles. The van der Waals surface area contributed by atoms with Crippen LogP contribution in [0.1, 0.15) is 37.0 Å². The second kappa shape index (κ2) is 6.68. The molecule has 0 saturated heterocycles. The quantitative estimate of drug-likeness (QED) is 0.857. The van der Waals surface area contributed by atoms with Gasteiger partial charge in [0.15, 0.2) is 0 Å². The summed E-state index contributed by atoms with van der Waals surface area (Å²) in [6.07, 6.45) is 3.59. The predicted molar refractivity (Wildman–Crippen MR) is 86.1 cm³/mol. The van der Waals surface area contributed by atoms with Gasteiger partial charge in [-0.3, -0.25) is 9.78 Å². The van der Waals surface area contributed by atoms with E-state index in [9.17, 15) is 4.79 Å². The number of nitrogens with two attached hydrogens (primary N) is 1. The molecule has 0 atom stereocenters. The van der Waals surface area contributed by atoms with E-state index in [1.54, 1.807) is 12.3 Å². The molecule has 1 aromatic carbocycles. The minimum atomic E-state index is -0.0617. The second-order valence-electron chi connectivity index (χ2n) is 5.47. The molecule has 0 unspecified atom stereocenters. The van der Waals surface area contributed by atoms with Crippen LogP contribution in [0.2, 0.25) is 0 Å². The lowest BCUT2D eigenvalue weighted by Gasteiger charge is -2.30. The topological polar surface area (TPSA) is 68.0 Å². The summed E-state index contributed by atoms with van der Waals surface area (Å²) < 4.78 is 0. The molecular formula is C17H23N3O. The van der Waals surface area contributed by atoms with E-state index < -0.39 is 0 Å². The van der Waals surface area contributed by atoms with Crippen molar-refractivity contribution in [2.75, 3.05) is 13.1 Å². The molecule has 4 nitrogen and oxygen atoms in total. The summed E-state index contributed by atoms with van der Waals surface area (Å²) in [5.41, 5.74) is 7.37. The summed E-state index contributed by atoms with van der Waals surface area (Å²) in [7, 11) is 0. The molecule has 2 aromatic rings. The van der Waals surface area contributed by atoms with Gasteiger partial charge in [-0.2, -0.15) is 0 Å². The zero-order valence-electron chi connectivity index (χ0n) is 12.7. The lowest BCUT2D eigenvalue weighted by molar-refractivity contribution is 0.0929. The number of rotatable bonds is 6. The highest BCUT2D eigenvalue weighted by Gasteiger charge is 2.25. The van der Waals surface area contributed by atoms with Crippen LogP contribution in [0.4, 0.5) is 0 Å². The molecule has 4 heteroatoms. The first kappa shape index (κ1) is 15.4. The van der Waals surface area contributed by atoms with E-state index in [-0.39, 0.29) is 11.3 Å². The molecule has 1 amide bonds. The average molecular weight is 285 g/mol. The van der Waals surface area contributed by atoms with Gasteiger partial charge in [-0.05, 0) is 36.9 Å². The Morgan fingerprint density at radius 1 is 1.24 bits per heavy atom. The molecule has 0 saturated carbocycles. The fraction of sp³-hybridized carbons (Fsp3) is 0.412. The Morgan fingerprint density at radius 2 is 1.95 bits per heavy atom. The maximum absolute atomic E-state index is 12.5. The average Bonchev–Trinajstić information content (AvgIpc) is 2.56. The van der Waals surface area contributed by atoms with E-state index in [2.05, 4.69) is 24.1 Å². The molecule has 0 aliphatic rings. The van der Waals surface area contributed by atoms with Crippen molar-refractivity contribution in [3.8, 4) is 0 Å². The number of aromatic nitrogens is 1. The molecule has 3 N–H and O–H groups in total. The van der Waals surface area contributed by atoms with Gasteiger partial charge >= 0.3 is 0 Å². The summed E-state index contributed by atoms with van der Waals surface area (Å²) in [6.45, 7) is 5.41. The number of hydrogen-bond donors (Lipinski definition) is 2. The Hall–Kier alpha value is -1.94. The smallest absolute Gasteiger partial charge is 0.252 e. The van der Waals surface area contributed by atoms with Gasteiger partial charge < -0.3 is 11.1 Å². The van der Waals surface area contributed by atoms with Crippen LogP contribution in [0.3, 0.4) is 0 Å². The van der Waals surface area contributed by atoms with E-state index in [4.69, 9.17) is 5.73 Å². The molecule has 1 aromatic heterocycles. The second-order valence-corrected chi connectivity index (χ2v) is 5.47. The van der Waals surface area contributed by atoms with Gasteiger partial charge in [-0.25, -0.2) is 0 Å². The molecular weight excluding hydrogens is 262 g/mol. The summed E-state index contributed by atoms with van der Waals surface area (Å²) >= 11 is 0. The Bertz CT molecular complexity index is 607. The highest BCUT2D eigenvalue weighted by Crippen LogP contribution is 2.24. The number of nitrogens with zero attached hydrogens (tertiary/aromatic N) is 1. The van der Waals surface area contributed by atoms with E-state index >= 15 is 0 Å². The number of nitrogens with one attached hydrogen (secondary N) is 1. The van der Waals surface area contributed by atoms with E-state index in [1.165, 1.54) is 0 Å². The third-order valence-corrected chi connectivity index (χ3v) is 4.45. The molecule has 0 bridgehead atoms. The minimum absolute atomic E-state index is 0.0154. The highest BCUT2D eigenvalue weighted by molar-refractivity contribution is 6.05. The predicted octanol–water partition coefficient (Wildman–Crippen LogP) is 2.73. The minimum Gasteiger partial charge on any atom is -0.351 e. The maximum Gasteiger partial charge on any atom is 0.252 e. The van der Waals surface area contributed by atoms with E-state index in [0.29, 0.717) is 18.7 Å². The normalized spacial score (nSPS) is 11.6. The van der Waals surface area contributed by atoms with Crippen molar-refractivity contribution >= 4 is 16.8 Å². The van der Waals surface area contributed by atoms with Gasteiger partial charge in [-0.15, -0.1) is 0 Å². The zero-order valence-corrected chi connectivity index (χ0v) is 12.7. The number of pyridine rings is 1. The van der Waals surface area contributed by atoms with Gasteiger partial charge in [0.05, 0.1) is 11.1 Å². The first-order valence-electron chi connectivity index (χ1n) is 7.48. The van der Waals surface area contributed by atoms with Crippen LogP contribution in [0.25, 0.3) is 10.9 Å². The number of para-hydroxylation sites is 1. The number of hydrogen-bond acceptors (Lipinski definition) is 3. The van der Waals surface area contributed by atoms with Crippen molar-refractivity contribution in [3.05, 3.63) is 42.1 Å². The molecule has 0 aliphatic heterocycles. The van der Waals surface area contributed by atoms with Crippen LogP contribution >= 0.6 is 0 Å². The monoisotopic (exact) mass is 285 g/mol. The van der Waals surface area contributed by atoms with Gasteiger partial charge in [0.2, 0.25) is 0 Å². The van der Waals surface area contributed by atoms with Gasteiger partial charge in [0.25, 0.3) is 5.91 Å². The SMILES string of the molecule is CCC(CC)(CN)CNC(=O)c1ccnc2ccccc12. The Balaban J connectivity index is 2.20. The van der Waals surface area contributed by atoms with E-state index in [0.717, 1.165) is 23.7 Å². The molecule has 0 fully saturated rings. The van der Waals surface area contributed by atoms with Gasteiger partial charge in [0, 0.05) is 18.1 Å².